The summed E-state index contributed by atoms with van der Waals surface area (Å²) in [6.07, 6.45) is 3.66. The molecule has 6 nitrogen and oxygen atoms in total. The molecule has 1 fully saturated rings. The van der Waals surface area contributed by atoms with Gasteiger partial charge in [-0.1, -0.05) is 0 Å². The Kier molecular flexibility index (Phi) is 8.77. The molecule has 3 N–H and O–H groups in total. The summed E-state index contributed by atoms with van der Waals surface area (Å²) < 4.78 is 5.52. The number of rotatable bonds is 9. The Morgan fingerprint density at radius 2 is 2.15 bits per heavy atom. The standard InChI is InChI=1S/C14H29N3O3/c1-16(7-2-6-15)14(19)5-10-17-8-3-13(4-9-17)20-12-11-18/h13,18H,2-12,15H2,1H3. The zero-order valence-electron chi connectivity index (χ0n) is 12.6. The molecule has 1 aliphatic rings. The predicted octanol–water partition coefficient (Wildman–Crippen LogP) is -0.343. The number of carbonyl (C=O) groups is 1. The lowest BCUT2D eigenvalue weighted by Crippen LogP contribution is -2.39. The molecular weight excluding hydrogens is 258 g/mol. The molecular formula is C14H29N3O3. The third kappa shape index (κ3) is 6.65. The van der Waals surface area contributed by atoms with Crippen molar-refractivity contribution in [3.63, 3.8) is 0 Å². The van der Waals surface area contributed by atoms with E-state index in [0.717, 1.165) is 45.4 Å². The van der Waals surface area contributed by atoms with Crippen molar-refractivity contribution in [1.29, 1.82) is 0 Å². The molecule has 0 saturated carbocycles. The lowest BCUT2D eigenvalue weighted by molar-refractivity contribution is -0.130. The van der Waals surface area contributed by atoms with Gasteiger partial charge in [0.25, 0.3) is 0 Å². The van der Waals surface area contributed by atoms with E-state index in [9.17, 15) is 4.79 Å². The van der Waals surface area contributed by atoms with E-state index in [-0.39, 0.29) is 18.6 Å². The van der Waals surface area contributed by atoms with Crippen LogP contribution in [-0.2, 0) is 9.53 Å². The van der Waals surface area contributed by atoms with Gasteiger partial charge in [-0.25, -0.2) is 0 Å². The van der Waals surface area contributed by atoms with E-state index >= 15 is 0 Å². The molecule has 0 atom stereocenters. The van der Waals surface area contributed by atoms with Gasteiger partial charge in [-0.2, -0.15) is 0 Å². The molecule has 1 heterocycles. The number of hydrogen-bond donors (Lipinski definition) is 2. The van der Waals surface area contributed by atoms with Crippen LogP contribution in [-0.4, -0.2) is 79.9 Å². The molecule has 118 valence electrons. The van der Waals surface area contributed by atoms with Gasteiger partial charge >= 0.3 is 0 Å². The Morgan fingerprint density at radius 1 is 1.45 bits per heavy atom. The van der Waals surface area contributed by atoms with Crippen LogP contribution in [0, 0.1) is 0 Å². The molecule has 0 spiro atoms. The molecule has 20 heavy (non-hydrogen) atoms. The number of nitrogens with zero attached hydrogens (tertiary/aromatic N) is 2. The second-order valence-corrected chi connectivity index (χ2v) is 5.34. The van der Waals surface area contributed by atoms with E-state index in [2.05, 4.69) is 4.90 Å². The third-order valence-electron chi connectivity index (χ3n) is 3.74. The first-order valence-corrected chi connectivity index (χ1v) is 7.56. The van der Waals surface area contributed by atoms with E-state index < -0.39 is 0 Å². The second kappa shape index (κ2) is 10.1. The lowest BCUT2D eigenvalue weighted by Gasteiger charge is -2.32. The molecule has 0 aromatic carbocycles. The van der Waals surface area contributed by atoms with Crippen LogP contribution in [0.4, 0.5) is 0 Å². The summed E-state index contributed by atoms with van der Waals surface area (Å²) in [6.45, 7) is 4.63. The zero-order valence-corrected chi connectivity index (χ0v) is 12.6. The summed E-state index contributed by atoms with van der Waals surface area (Å²) in [5.41, 5.74) is 5.44. The Labute approximate surface area is 121 Å². The van der Waals surface area contributed by atoms with Crippen LogP contribution in [0.15, 0.2) is 0 Å². The highest BCUT2D eigenvalue weighted by Gasteiger charge is 2.20. The maximum atomic E-state index is 11.9. The number of carbonyl (C=O) groups excluding carboxylic acids is 1. The number of aliphatic hydroxyl groups excluding tert-OH is 1. The van der Waals surface area contributed by atoms with Gasteiger partial charge in [0.2, 0.25) is 5.91 Å². The molecule has 0 aromatic heterocycles. The maximum Gasteiger partial charge on any atom is 0.223 e. The van der Waals surface area contributed by atoms with Gasteiger partial charge in [0, 0.05) is 39.6 Å². The number of likely N-dealkylation sites (tertiary alicyclic amines) is 1. The van der Waals surface area contributed by atoms with Crippen LogP contribution in [0.25, 0.3) is 0 Å². The van der Waals surface area contributed by atoms with Crippen molar-refractivity contribution in [2.75, 3.05) is 53.0 Å². The first kappa shape index (κ1) is 17.4. The topological polar surface area (TPSA) is 79.0 Å². The van der Waals surface area contributed by atoms with Crippen molar-refractivity contribution in [3.8, 4) is 0 Å². The fourth-order valence-electron chi connectivity index (χ4n) is 2.42. The second-order valence-electron chi connectivity index (χ2n) is 5.34. The zero-order chi connectivity index (χ0) is 14.8. The molecule has 0 unspecified atom stereocenters. The van der Waals surface area contributed by atoms with E-state index in [1.807, 2.05) is 7.05 Å². The summed E-state index contributed by atoms with van der Waals surface area (Å²) in [4.78, 5) is 16.0. The molecule has 1 amide bonds. The predicted molar refractivity (Wildman–Crippen MR) is 78.4 cm³/mol. The summed E-state index contributed by atoms with van der Waals surface area (Å²) >= 11 is 0. The minimum absolute atomic E-state index is 0.0872. The van der Waals surface area contributed by atoms with Crippen LogP contribution < -0.4 is 5.73 Å². The van der Waals surface area contributed by atoms with Crippen LogP contribution in [0.1, 0.15) is 25.7 Å². The van der Waals surface area contributed by atoms with E-state index in [0.29, 0.717) is 19.6 Å². The Bertz CT molecular complexity index is 268. The summed E-state index contributed by atoms with van der Waals surface area (Å²) in [6, 6.07) is 0. The molecule has 6 heteroatoms. The van der Waals surface area contributed by atoms with E-state index in [1.54, 1.807) is 4.90 Å². The highest BCUT2D eigenvalue weighted by Crippen LogP contribution is 2.13. The van der Waals surface area contributed by atoms with Crippen molar-refractivity contribution in [1.82, 2.24) is 9.80 Å². The Morgan fingerprint density at radius 3 is 2.75 bits per heavy atom. The number of amides is 1. The molecule has 0 aromatic rings. The van der Waals surface area contributed by atoms with Gasteiger partial charge in [-0.3, -0.25) is 4.79 Å². The van der Waals surface area contributed by atoms with Crippen molar-refractivity contribution < 1.29 is 14.6 Å². The number of aliphatic hydroxyl groups is 1. The van der Waals surface area contributed by atoms with Crippen LogP contribution in [0.2, 0.25) is 0 Å². The summed E-state index contributed by atoms with van der Waals surface area (Å²) in [5.74, 6) is 0.192. The van der Waals surface area contributed by atoms with Crippen molar-refractivity contribution >= 4 is 5.91 Å². The molecule has 0 bridgehead atoms. The van der Waals surface area contributed by atoms with Gasteiger partial charge in [-0.05, 0) is 25.8 Å². The number of hydrogen-bond acceptors (Lipinski definition) is 5. The Balaban J connectivity index is 2.12. The van der Waals surface area contributed by atoms with Crippen molar-refractivity contribution in [3.05, 3.63) is 0 Å². The van der Waals surface area contributed by atoms with E-state index in [4.69, 9.17) is 15.6 Å². The van der Waals surface area contributed by atoms with Crippen molar-refractivity contribution in [2.24, 2.45) is 5.73 Å². The molecule has 0 radical (unpaired) electrons. The van der Waals surface area contributed by atoms with Gasteiger partial charge in [0.1, 0.15) is 0 Å². The normalized spacial score (nSPS) is 17.4. The largest absolute Gasteiger partial charge is 0.394 e. The molecule has 0 aliphatic carbocycles. The van der Waals surface area contributed by atoms with Crippen molar-refractivity contribution in [2.45, 2.75) is 31.8 Å². The van der Waals surface area contributed by atoms with Crippen LogP contribution in [0.5, 0.6) is 0 Å². The average molecular weight is 287 g/mol. The minimum atomic E-state index is 0.0872. The number of piperidine rings is 1. The van der Waals surface area contributed by atoms with Gasteiger partial charge in [-0.15, -0.1) is 0 Å². The first-order chi connectivity index (χ1) is 9.67. The molecule has 1 saturated heterocycles. The third-order valence-corrected chi connectivity index (χ3v) is 3.74. The fraction of sp³-hybridized carbons (Fsp3) is 0.929. The Hall–Kier alpha value is -0.690. The summed E-state index contributed by atoms with van der Waals surface area (Å²) in [5, 5.41) is 8.72. The average Bonchev–Trinajstić information content (AvgIpc) is 2.49. The SMILES string of the molecule is CN(CCCN)C(=O)CCN1CCC(OCCO)CC1. The van der Waals surface area contributed by atoms with Gasteiger partial charge < -0.3 is 25.4 Å². The smallest absolute Gasteiger partial charge is 0.223 e. The number of ether oxygens (including phenoxy) is 1. The van der Waals surface area contributed by atoms with Gasteiger partial charge in [0.05, 0.1) is 19.3 Å². The minimum Gasteiger partial charge on any atom is -0.394 e. The van der Waals surface area contributed by atoms with Gasteiger partial charge in [0.15, 0.2) is 0 Å². The lowest BCUT2D eigenvalue weighted by atomic mass is 10.1. The number of nitrogens with two attached hydrogens (primary N) is 1. The highest BCUT2D eigenvalue weighted by atomic mass is 16.5. The summed E-state index contributed by atoms with van der Waals surface area (Å²) in [7, 11) is 1.84. The highest BCUT2D eigenvalue weighted by molar-refractivity contribution is 5.76. The quantitative estimate of drug-likeness (QED) is 0.606. The molecule has 1 aliphatic heterocycles. The first-order valence-electron chi connectivity index (χ1n) is 7.56. The van der Waals surface area contributed by atoms with Crippen LogP contribution in [0.3, 0.4) is 0 Å². The monoisotopic (exact) mass is 287 g/mol. The van der Waals surface area contributed by atoms with Crippen LogP contribution >= 0.6 is 0 Å². The molecule has 1 rings (SSSR count). The van der Waals surface area contributed by atoms with E-state index in [1.165, 1.54) is 0 Å². The maximum absolute atomic E-state index is 11.9. The fourth-order valence-corrected chi connectivity index (χ4v) is 2.42.